The third kappa shape index (κ3) is 6.07. The molecule has 1 heterocycles. The summed E-state index contributed by atoms with van der Waals surface area (Å²) in [7, 11) is -0.508. The van der Waals surface area contributed by atoms with Crippen LogP contribution in [0, 0.1) is 11.6 Å². The number of ether oxygens (including phenoxy) is 1. The number of nitrogens with zero attached hydrogens (tertiary/aromatic N) is 3. The molecule has 2 aromatic carbocycles. The van der Waals surface area contributed by atoms with Crippen LogP contribution in [0.15, 0.2) is 41.5 Å². The summed E-state index contributed by atoms with van der Waals surface area (Å²) >= 11 is 0. The predicted molar refractivity (Wildman–Crippen MR) is 137 cm³/mol. The van der Waals surface area contributed by atoms with Crippen molar-refractivity contribution in [3.05, 3.63) is 64.2 Å². The highest BCUT2D eigenvalue weighted by Gasteiger charge is 2.43. The van der Waals surface area contributed by atoms with Crippen molar-refractivity contribution in [1.82, 2.24) is 19.9 Å². The molecule has 3 aromatic rings. The van der Waals surface area contributed by atoms with E-state index in [-0.39, 0.29) is 35.0 Å². The normalized spacial score (nSPS) is 13.6. The predicted octanol–water partition coefficient (Wildman–Crippen LogP) is 2.12. The Kier molecular flexibility index (Phi) is 8.97. The number of hydrogen-bond acceptors (Lipinski definition) is 8. The molecule has 1 aromatic heterocycles. The molecule has 0 aliphatic carbocycles. The van der Waals surface area contributed by atoms with E-state index in [2.05, 4.69) is 4.98 Å². The lowest BCUT2D eigenvalue weighted by atomic mass is 10.0. The number of hydrogen-bond donors (Lipinski definition) is 2. The minimum absolute atomic E-state index is 0.0117. The average Bonchev–Trinajstić information content (AvgIpc) is 2.86. The number of rotatable bonds is 11. The van der Waals surface area contributed by atoms with Gasteiger partial charge in [0.05, 0.1) is 23.8 Å². The molecule has 206 valence electrons. The van der Waals surface area contributed by atoms with Crippen molar-refractivity contribution < 1.29 is 31.9 Å². The molecule has 1 amide bonds. The van der Waals surface area contributed by atoms with Crippen LogP contribution in [0.1, 0.15) is 18.9 Å². The summed E-state index contributed by atoms with van der Waals surface area (Å²) in [5.74, 6) is -2.61. The number of benzene rings is 2. The van der Waals surface area contributed by atoms with Gasteiger partial charge in [-0.25, -0.2) is 27.7 Å². The maximum Gasteiger partial charge on any atom is 0.264 e. The monoisotopic (exact) mass is 552 g/mol. The first-order valence-electron chi connectivity index (χ1n) is 11.6. The van der Waals surface area contributed by atoms with E-state index in [1.165, 1.54) is 23.7 Å². The van der Waals surface area contributed by atoms with Gasteiger partial charge in [-0.1, -0.05) is 12.1 Å². The largest absolute Gasteiger partial charge is 0.383 e. The quantitative estimate of drug-likeness (QED) is 0.273. The second-order valence-electron chi connectivity index (χ2n) is 9.33. The molecular weight excluding hydrogens is 522 g/mol. The fourth-order valence-electron chi connectivity index (χ4n) is 3.98. The minimum Gasteiger partial charge on any atom is -0.383 e. The number of amides is 1. The van der Waals surface area contributed by atoms with Gasteiger partial charge in [-0.2, -0.15) is 0 Å². The molecule has 0 aliphatic heterocycles. The smallest absolute Gasteiger partial charge is 0.264 e. The standard InChI is InChI=1S/C25H30F2N4O6S/c1-25(24(33)29-34,38(4,35)36)7-8-31-15-28-22-13-18(21(27)12-19(22)23(31)32)17-6-5-16(11-20(17)26)14-30(2)9-10-37-3/h5-6,11-13,15,34H,7-10,14H2,1-4H3,(H,29,33). The van der Waals surface area contributed by atoms with Gasteiger partial charge in [0.2, 0.25) is 0 Å². The molecule has 0 saturated heterocycles. The van der Waals surface area contributed by atoms with Gasteiger partial charge in [0.25, 0.3) is 11.5 Å². The molecule has 0 bridgehead atoms. The summed E-state index contributed by atoms with van der Waals surface area (Å²) in [4.78, 5) is 31.1. The molecule has 0 saturated carbocycles. The number of aromatic nitrogens is 2. The van der Waals surface area contributed by atoms with Crippen molar-refractivity contribution in [2.24, 2.45) is 0 Å². The molecule has 3 rings (SSSR count). The molecule has 10 nitrogen and oxygen atoms in total. The van der Waals surface area contributed by atoms with Gasteiger partial charge in [0.1, 0.15) is 11.6 Å². The van der Waals surface area contributed by atoms with Gasteiger partial charge in [-0.15, -0.1) is 0 Å². The number of sulfone groups is 1. The third-order valence-corrected chi connectivity index (χ3v) is 8.62. The van der Waals surface area contributed by atoms with E-state index in [9.17, 15) is 22.4 Å². The molecule has 2 N–H and O–H groups in total. The molecule has 0 aliphatic rings. The maximum atomic E-state index is 15.1. The van der Waals surface area contributed by atoms with Crippen LogP contribution in [-0.4, -0.2) is 72.3 Å². The Morgan fingerprint density at radius 2 is 1.89 bits per heavy atom. The molecule has 0 spiro atoms. The number of fused-ring (bicyclic) bond motifs is 1. The minimum atomic E-state index is -3.97. The number of halogens is 2. The number of aryl methyl sites for hydroxylation is 1. The summed E-state index contributed by atoms with van der Waals surface area (Å²) < 4.78 is 58.5. The van der Waals surface area contributed by atoms with Crippen molar-refractivity contribution in [2.45, 2.75) is 31.2 Å². The Morgan fingerprint density at radius 3 is 2.50 bits per heavy atom. The SMILES string of the molecule is COCCN(C)Cc1ccc(-c2cc3ncn(CCC(C)(C(=O)NO)S(C)(=O)=O)c(=O)c3cc2F)c(F)c1. The van der Waals surface area contributed by atoms with Crippen LogP contribution in [0.3, 0.4) is 0 Å². The lowest BCUT2D eigenvalue weighted by Crippen LogP contribution is -2.50. The van der Waals surface area contributed by atoms with Crippen molar-refractivity contribution in [1.29, 1.82) is 0 Å². The van der Waals surface area contributed by atoms with Crippen molar-refractivity contribution in [3.8, 4) is 11.1 Å². The first-order chi connectivity index (χ1) is 17.8. The van der Waals surface area contributed by atoms with Crippen LogP contribution in [0.4, 0.5) is 8.78 Å². The summed E-state index contributed by atoms with van der Waals surface area (Å²) in [5.41, 5.74) is 1.43. The second-order valence-corrected chi connectivity index (χ2v) is 11.8. The third-order valence-electron chi connectivity index (χ3n) is 6.60. The first-order valence-corrected chi connectivity index (χ1v) is 13.5. The molecule has 0 fully saturated rings. The Labute approximate surface area is 218 Å². The highest BCUT2D eigenvalue weighted by Crippen LogP contribution is 2.29. The number of hydroxylamine groups is 1. The van der Waals surface area contributed by atoms with Crippen LogP contribution in [0.25, 0.3) is 22.0 Å². The number of nitrogens with one attached hydrogen (secondary N) is 1. The van der Waals surface area contributed by atoms with E-state index in [4.69, 9.17) is 9.94 Å². The van der Waals surface area contributed by atoms with Crippen LogP contribution >= 0.6 is 0 Å². The van der Waals surface area contributed by atoms with Gasteiger partial charge in [-0.05, 0) is 44.2 Å². The number of likely N-dealkylation sites (N-methyl/N-ethyl adjacent to an activating group) is 1. The zero-order chi connectivity index (χ0) is 28.3. The van der Waals surface area contributed by atoms with Gasteiger partial charge < -0.3 is 4.74 Å². The first kappa shape index (κ1) is 29.3. The van der Waals surface area contributed by atoms with Crippen LogP contribution < -0.4 is 11.0 Å². The van der Waals surface area contributed by atoms with E-state index < -0.39 is 37.7 Å². The van der Waals surface area contributed by atoms with Crippen molar-refractivity contribution in [2.75, 3.05) is 33.6 Å². The molecule has 13 heteroatoms. The Balaban J connectivity index is 1.92. The number of carbonyl (C=O) groups is 1. The van der Waals surface area contributed by atoms with Gasteiger partial charge in [0.15, 0.2) is 14.6 Å². The lowest BCUT2D eigenvalue weighted by molar-refractivity contribution is -0.131. The fourth-order valence-corrected chi connectivity index (χ4v) is 4.82. The molecular formula is C25H30F2N4O6S. The summed E-state index contributed by atoms with van der Waals surface area (Å²) in [6, 6.07) is 6.73. The van der Waals surface area contributed by atoms with Crippen LogP contribution in [-0.2, 0) is 32.5 Å². The molecule has 1 unspecified atom stereocenters. The molecule has 38 heavy (non-hydrogen) atoms. The fraction of sp³-hybridized carbons (Fsp3) is 0.400. The highest BCUT2D eigenvalue weighted by molar-refractivity contribution is 7.92. The van der Waals surface area contributed by atoms with E-state index in [0.29, 0.717) is 25.3 Å². The summed E-state index contributed by atoms with van der Waals surface area (Å²) in [6.45, 7) is 2.53. The maximum absolute atomic E-state index is 15.1. The number of carbonyl (C=O) groups excluding carboxylic acids is 1. The zero-order valence-electron chi connectivity index (χ0n) is 21.5. The second kappa shape index (κ2) is 11.6. The average molecular weight is 553 g/mol. The molecule has 1 atom stereocenters. The lowest BCUT2D eigenvalue weighted by Gasteiger charge is -2.25. The van der Waals surface area contributed by atoms with E-state index in [1.54, 1.807) is 13.2 Å². The highest BCUT2D eigenvalue weighted by atomic mass is 32.2. The van der Waals surface area contributed by atoms with Crippen molar-refractivity contribution in [3.63, 3.8) is 0 Å². The van der Waals surface area contributed by atoms with Gasteiger partial charge >= 0.3 is 0 Å². The van der Waals surface area contributed by atoms with Gasteiger partial charge in [-0.3, -0.25) is 24.3 Å². The van der Waals surface area contributed by atoms with E-state index >= 15 is 4.39 Å². The van der Waals surface area contributed by atoms with Gasteiger partial charge in [0, 0.05) is 44.1 Å². The molecule has 0 radical (unpaired) electrons. The summed E-state index contributed by atoms with van der Waals surface area (Å²) in [6.07, 6.45) is 1.62. The Bertz CT molecular complexity index is 1510. The zero-order valence-corrected chi connectivity index (χ0v) is 22.3. The van der Waals surface area contributed by atoms with Crippen LogP contribution in [0.2, 0.25) is 0 Å². The van der Waals surface area contributed by atoms with Crippen LogP contribution in [0.5, 0.6) is 0 Å². The number of methoxy groups -OCH3 is 1. The Morgan fingerprint density at radius 1 is 1.21 bits per heavy atom. The summed E-state index contributed by atoms with van der Waals surface area (Å²) in [5, 5.41) is 8.86. The topological polar surface area (TPSA) is 131 Å². The van der Waals surface area contributed by atoms with E-state index in [1.807, 2.05) is 11.9 Å². The Hall–Kier alpha value is -3.26. The van der Waals surface area contributed by atoms with Crippen molar-refractivity contribution >= 4 is 26.6 Å². The van der Waals surface area contributed by atoms with E-state index in [0.717, 1.165) is 30.1 Å².